The predicted molar refractivity (Wildman–Crippen MR) is 128 cm³/mol. The van der Waals surface area contributed by atoms with Crippen LogP contribution in [0, 0.1) is 0 Å². The van der Waals surface area contributed by atoms with Gasteiger partial charge in [0.25, 0.3) is 0 Å². The maximum absolute atomic E-state index is 12.5. The summed E-state index contributed by atoms with van der Waals surface area (Å²) in [5.74, 6) is 1.02. The van der Waals surface area contributed by atoms with Gasteiger partial charge in [-0.2, -0.15) is 0 Å². The number of thioether (sulfide) groups is 1. The van der Waals surface area contributed by atoms with Crippen molar-refractivity contribution in [2.24, 2.45) is 4.99 Å². The summed E-state index contributed by atoms with van der Waals surface area (Å²) in [4.78, 5) is 19.0. The van der Waals surface area contributed by atoms with Crippen molar-refractivity contribution >= 4 is 55.6 Å². The molecule has 0 unspecified atom stereocenters. The van der Waals surface area contributed by atoms with E-state index in [0.717, 1.165) is 0 Å². The molecule has 2 aromatic carbocycles. The number of aliphatic imine (C=N–C) groups is 1. The number of amidine groups is 1. The van der Waals surface area contributed by atoms with Gasteiger partial charge in [0.05, 0.1) is 49.2 Å². The Morgan fingerprint density at radius 3 is 2.75 bits per heavy atom. The summed E-state index contributed by atoms with van der Waals surface area (Å²) in [6, 6.07) is 11.5. The molecule has 2 aliphatic heterocycles. The number of anilines is 2. The van der Waals surface area contributed by atoms with Gasteiger partial charge in [0.2, 0.25) is 5.91 Å². The van der Waals surface area contributed by atoms with Gasteiger partial charge in [-0.1, -0.05) is 29.4 Å². The van der Waals surface area contributed by atoms with Crippen molar-refractivity contribution in [2.75, 3.05) is 41.7 Å². The van der Waals surface area contributed by atoms with Gasteiger partial charge in [-0.25, -0.2) is 8.42 Å². The number of amides is 1. The van der Waals surface area contributed by atoms with Crippen molar-refractivity contribution in [3.63, 3.8) is 0 Å². The topological polar surface area (TPSA) is 97.3 Å². The standard InChI is InChI=1S/C21H22ClN3O5S2/c1-29-15-6-7-19(30-2)17(9-15)25-18-12-32(27,28)11-16(18)24-21(25)31-10-20(26)23-14-5-3-4-13(22)8-14/h3-9,16,18H,10-12H2,1-2H3,(H,23,26)/t16-,18+/m0/s1. The van der Waals surface area contributed by atoms with Crippen LogP contribution in [0.4, 0.5) is 11.4 Å². The Balaban J connectivity index is 1.58. The van der Waals surface area contributed by atoms with E-state index in [0.29, 0.717) is 33.1 Å². The van der Waals surface area contributed by atoms with Crippen LogP contribution in [0.3, 0.4) is 0 Å². The number of nitrogens with one attached hydrogen (secondary N) is 1. The summed E-state index contributed by atoms with van der Waals surface area (Å²) in [6.45, 7) is 0. The average Bonchev–Trinajstić information content (AvgIpc) is 3.22. The zero-order valence-electron chi connectivity index (χ0n) is 17.4. The fourth-order valence-electron chi connectivity index (χ4n) is 3.79. The van der Waals surface area contributed by atoms with Gasteiger partial charge in [-0.15, -0.1) is 0 Å². The fraction of sp³-hybridized carbons (Fsp3) is 0.333. The van der Waals surface area contributed by atoms with Crippen LogP contribution in [-0.2, 0) is 14.6 Å². The monoisotopic (exact) mass is 495 g/mol. The first-order valence-corrected chi connectivity index (χ1v) is 13.0. The molecule has 0 aromatic heterocycles. The summed E-state index contributed by atoms with van der Waals surface area (Å²) < 4.78 is 35.4. The zero-order chi connectivity index (χ0) is 22.9. The SMILES string of the molecule is COc1ccc(OC)c(N2C(SCC(=O)Nc3cccc(Cl)c3)=N[C@H]3CS(=O)(=O)C[C@H]32)c1. The van der Waals surface area contributed by atoms with Crippen LogP contribution in [0.25, 0.3) is 0 Å². The second-order valence-electron chi connectivity index (χ2n) is 7.38. The van der Waals surface area contributed by atoms with Crippen LogP contribution in [0.1, 0.15) is 0 Å². The van der Waals surface area contributed by atoms with Crippen molar-refractivity contribution in [1.82, 2.24) is 0 Å². The van der Waals surface area contributed by atoms with E-state index in [1.807, 2.05) is 4.90 Å². The summed E-state index contributed by atoms with van der Waals surface area (Å²) in [7, 11) is -0.0969. The van der Waals surface area contributed by atoms with E-state index in [1.54, 1.807) is 56.7 Å². The highest BCUT2D eigenvalue weighted by molar-refractivity contribution is 8.14. The van der Waals surface area contributed by atoms with Crippen LogP contribution in [-0.4, -0.2) is 63.1 Å². The van der Waals surface area contributed by atoms with Crippen molar-refractivity contribution in [2.45, 2.75) is 12.1 Å². The molecular formula is C21H22ClN3O5S2. The Labute approximate surface area is 195 Å². The lowest BCUT2D eigenvalue weighted by Gasteiger charge is -2.28. The lowest BCUT2D eigenvalue weighted by Crippen LogP contribution is -2.39. The normalized spacial score (nSPS) is 21.1. The molecule has 0 bridgehead atoms. The third kappa shape index (κ3) is 4.82. The Bertz CT molecular complexity index is 1170. The molecule has 0 spiro atoms. The minimum atomic E-state index is -3.20. The first-order valence-electron chi connectivity index (χ1n) is 9.77. The molecule has 170 valence electrons. The molecule has 2 atom stereocenters. The molecule has 0 aliphatic carbocycles. The number of ether oxygens (including phenoxy) is 2. The lowest BCUT2D eigenvalue weighted by atomic mass is 10.1. The second-order valence-corrected chi connectivity index (χ2v) is 10.9. The molecule has 1 fully saturated rings. The molecule has 2 heterocycles. The minimum Gasteiger partial charge on any atom is -0.497 e. The third-order valence-electron chi connectivity index (χ3n) is 5.19. The number of rotatable bonds is 6. The minimum absolute atomic E-state index is 0.0136. The molecule has 8 nitrogen and oxygen atoms in total. The molecule has 32 heavy (non-hydrogen) atoms. The molecule has 0 saturated carbocycles. The number of carbonyl (C=O) groups is 1. The van der Waals surface area contributed by atoms with Crippen LogP contribution in [0.5, 0.6) is 11.5 Å². The Morgan fingerprint density at radius 1 is 1.22 bits per heavy atom. The Kier molecular flexibility index (Phi) is 6.55. The van der Waals surface area contributed by atoms with E-state index in [1.165, 1.54) is 11.8 Å². The number of carbonyl (C=O) groups excluding carboxylic acids is 1. The van der Waals surface area contributed by atoms with Crippen LogP contribution in [0.15, 0.2) is 47.5 Å². The second kappa shape index (κ2) is 9.21. The molecule has 1 amide bonds. The first-order chi connectivity index (χ1) is 15.3. The number of fused-ring (bicyclic) bond motifs is 1. The smallest absolute Gasteiger partial charge is 0.234 e. The van der Waals surface area contributed by atoms with E-state index >= 15 is 0 Å². The molecule has 2 aromatic rings. The van der Waals surface area contributed by atoms with Crippen LogP contribution in [0.2, 0.25) is 5.02 Å². The van der Waals surface area contributed by atoms with E-state index in [-0.39, 0.29) is 29.2 Å². The van der Waals surface area contributed by atoms with Crippen molar-refractivity contribution in [1.29, 1.82) is 0 Å². The average molecular weight is 496 g/mol. The lowest BCUT2D eigenvalue weighted by molar-refractivity contribution is -0.113. The predicted octanol–water partition coefficient (Wildman–Crippen LogP) is 3.07. The largest absolute Gasteiger partial charge is 0.497 e. The number of halogens is 1. The van der Waals surface area contributed by atoms with Gasteiger partial charge >= 0.3 is 0 Å². The van der Waals surface area contributed by atoms with Crippen molar-refractivity contribution in [3.8, 4) is 11.5 Å². The first kappa shape index (κ1) is 22.8. The highest BCUT2D eigenvalue weighted by Gasteiger charge is 2.48. The maximum Gasteiger partial charge on any atom is 0.234 e. The highest BCUT2D eigenvalue weighted by atomic mass is 35.5. The summed E-state index contributed by atoms with van der Waals surface area (Å²) in [5, 5.41) is 3.91. The number of methoxy groups -OCH3 is 2. The Hall–Kier alpha value is -2.43. The summed E-state index contributed by atoms with van der Waals surface area (Å²) >= 11 is 7.22. The molecule has 1 N–H and O–H groups in total. The van der Waals surface area contributed by atoms with Gasteiger partial charge in [0.1, 0.15) is 11.5 Å². The maximum atomic E-state index is 12.5. The quantitative estimate of drug-likeness (QED) is 0.657. The summed E-state index contributed by atoms with van der Waals surface area (Å²) in [6.07, 6.45) is 0. The summed E-state index contributed by atoms with van der Waals surface area (Å²) in [5.41, 5.74) is 1.25. The number of nitrogens with zero attached hydrogens (tertiary/aromatic N) is 2. The number of hydrogen-bond donors (Lipinski definition) is 1. The van der Waals surface area contributed by atoms with E-state index in [9.17, 15) is 13.2 Å². The molecule has 4 rings (SSSR count). The molecular weight excluding hydrogens is 474 g/mol. The molecule has 11 heteroatoms. The van der Waals surface area contributed by atoms with Crippen molar-refractivity contribution in [3.05, 3.63) is 47.5 Å². The van der Waals surface area contributed by atoms with Crippen LogP contribution >= 0.6 is 23.4 Å². The van der Waals surface area contributed by atoms with Gasteiger partial charge in [0, 0.05) is 16.8 Å². The van der Waals surface area contributed by atoms with Gasteiger partial charge in [0.15, 0.2) is 15.0 Å². The van der Waals surface area contributed by atoms with Gasteiger partial charge < -0.3 is 19.7 Å². The number of benzene rings is 2. The number of sulfone groups is 1. The molecule has 0 radical (unpaired) electrons. The zero-order valence-corrected chi connectivity index (χ0v) is 19.8. The van der Waals surface area contributed by atoms with E-state index < -0.39 is 15.9 Å². The Morgan fingerprint density at radius 2 is 2.03 bits per heavy atom. The van der Waals surface area contributed by atoms with Gasteiger partial charge in [-0.05, 0) is 30.3 Å². The third-order valence-corrected chi connectivity index (χ3v) is 8.09. The highest BCUT2D eigenvalue weighted by Crippen LogP contribution is 2.41. The molecule has 2 aliphatic rings. The van der Waals surface area contributed by atoms with Gasteiger partial charge in [-0.3, -0.25) is 9.79 Å². The van der Waals surface area contributed by atoms with Crippen LogP contribution < -0.4 is 19.7 Å². The van der Waals surface area contributed by atoms with Crippen molar-refractivity contribution < 1.29 is 22.7 Å². The van der Waals surface area contributed by atoms with E-state index in [2.05, 4.69) is 10.3 Å². The molecule has 1 saturated heterocycles. The van der Waals surface area contributed by atoms with E-state index in [4.69, 9.17) is 21.1 Å². The fourth-order valence-corrected chi connectivity index (χ4v) is 6.74. The number of hydrogen-bond acceptors (Lipinski definition) is 8.